The molecule has 0 aromatic carbocycles. The highest BCUT2D eigenvalue weighted by molar-refractivity contribution is 7.12. The van der Waals surface area contributed by atoms with Gasteiger partial charge in [0.2, 0.25) is 0 Å². The topological polar surface area (TPSA) is 23.5 Å². The molecule has 1 saturated carbocycles. The highest BCUT2D eigenvalue weighted by Crippen LogP contribution is 2.31. The summed E-state index contributed by atoms with van der Waals surface area (Å²) in [6.07, 6.45) is 3.38. The molecule has 1 aromatic heterocycles. The van der Waals surface area contributed by atoms with Gasteiger partial charge in [-0.05, 0) is 44.7 Å². The molecule has 0 spiro atoms. The molecule has 0 saturated heterocycles. The van der Waals surface area contributed by atoms with Gasteiger partial charge in [-0.2, -0.15) is 0 Å². The fourth-order valence-corrected chi connectivity index (χ4v) is 2.93. The molecule has 1 aliphatic carbocycles. The monoisotopic (exact) mass is 277 g/mol. The van der Waals surface area contributed by atoms with Crippen LogP contribution in [0.4, 0.5) is 0 Å². The normalized spacial score (nSPS) is 14.8. The van der Waals surface area contributed by atoms with Gasteiger partial charge in [0.25, 0.3) is 0 Å². The first-order valence-electron chi connectivity index (χ1n) is 7.11. The van der Waals surface area contributed by atoms with E-state index in [0.29, 0.717) is 12.5 Å². The molecule has 1 aliphatic rings. The summed E-state index contributed by atoms with van der Waals surface area (Å²) in [5.41, 5.74) is 0. The highest BCUT2D eigenvalue weighted by atomic mass is 32.1. The Labute approximate surface area is 120 Å². The van der Waals surface area contributed by atoms with Crippen molar-refractivity contribution in [1.29, 1.82) is 0 Å². The smallest absolute Gasteiger partial charge is 0.0771 e. The Kier molecular flexibility index (Phi) is 5.45. The van der Waals surface area contributed by atoms with E-state index in [0.717, 1.165) is 17.3 Å². The third kappa shape index (κ3) is 4.99. The van der Waals surface area contributed by atoms with Crippen LogP contribution in [0.25, 0.3) is 0 Å². The number of nitrogens with zero attached hydrogens (tertiary/aromatic N) is 1. The second-order valence-corrected chi connectivity index (χ2v) is 6.68. The lowest BCUT2D eigenvalue weighted by Gasteiger charge is -2.25. The third-order valence-electron chi connectivity index (χ3n) is 3.39. The van der Waals surface area contributed by atoms with E-state index in [9.17, 15) is 0 Å². The van der Waals surface area contributed by atoms with Gasteiger partial charge in [-0.1, -0.05) is 11.8 Å². The molecule has 0 amide bonds. The average Bonchev–Trinajstić information content (AvgIpc) is 3.08. The van der Waals surface area contributed by atoms with Crippen LogP contribution in [0.3, 0.4) is 0 Å². The largest absolute Gasteiger partial charge is 0.395 e. The molecule has 3 heteroatoms. The van der Waals surface area contributed by atoms with Crippen molar-refractivity contribution in [3.8, 4) is 11.8 Å². The van der Waals surface area contributed by atoms with Crippen LogP contribution in [0.1, 0.15) is 42.9 Å². The Morgan fingerprint density at radius 2 is 2.21 bits per heavy atom. The minimum Gasteiger partial charge on any atom is -0.395 e. The van der Waals surface area contributed by atoms with Gasteiger partial charge < -0.3 is 5.11 Å². The van der Waals surface area contributed by atoms with E-state index in [1.165, 1.54) is 24.3 Å². The zero-order chi connectivity index (χ0) is 13.7. The van der Waals surface area contributed by atoms with Crippen molar-refractivity contribution in [3.05, 3.63) is 21.9 Å². The molecule has 1 heterocycles. The van der Waals surface area contributed by atoms with Crippen LogP contribution in [-0.2, 0) is 6.54 Å². The number of hydrogen-bond donors (Lipinski definition) is 1. The zero-order valence-corrected chi connectivity index (χ0v) is 12.7. The van der Waals surface area contributed by atoms with Crippen LogP contribution in [-0.4, -0.2) is 29.2 Å². The summed E-state index contributed by atoms with van der Waals surface area (Å²) < 4.78 is 0. The van der Waals surface area contributed by atoms with Crippen LogP contribution < -0.4 is 0 Å². The molecule has 1 aromatic rings. The first kappa shape index (κ1) is 14.6. The number of hydrogen-bond acceptors (Lipinski definition) is 3. The van der Waals surface area contributed by atoms with Crippen LogP contribution >= 0.6 is 11.3 Å². The maximum Gasteiger partial charge on any atom is 0.0771 e. The Morgan fingerprint density at radius 1 is 1.42 bits per heavy atom. The molecule has 1 fully saturated rings. The van der Waals surface area contributed by atoms with Crippen LogP contribution in [0.15, 0.2) is 12.1 Å². The van der Waals surface area contributed by atoms with Gasteiger partial charge in [-0.25, -0.2) is 0 Å². The van der Waals surface area contributed by atoms with E-state index < -0.39 is 0 Å². The number of rotatable bonds is 6. The predicted octanol–water partition coefficient (Wildman–Crippen LogP) is 3.10. The summed E-state index contributed by atoms with van der Waals surface area (Å²) in [7, 11) is 0. The third-order valence-corrected chi connectivity index (χ3v) is 4.37. The summed E-state index contributed by atoms with van der Waals surface area (Å²) in [6, 6.07) is 4.89. The van der Waals surface area contributed by atoms with Crippen molar-refractivity contribution in [2.24, 2.45) is 5.92 Å². The summed E-state index contributed by atoms with van der Waals surface area (Å²) in [4.78, 5) is 5.07. The summed E-state index contributed by atoms with van der Waals surface area (Å²) in [6.45, 7) is 6.98. The second-order valence-electron chi connectivity index (χ2n) is 5.51. The fraction of sp³-hybridized carbons (Fsp3) is 0.625. The number of aliphatic hydroxyl groups is 1. The quantitative estimate of drug-likeness (QED) is 0.808. The molecule has 0 bridgehead atoms. The Hall–Kier alpha value is -0.820. The maximum atomic E-state index is 8.71. The van der Waals surface area contributed by atoms with Crippen molar-refractivity contribution in [1.82, 2.24) is 4.90 Å². The molecule has 0 aliphatic heterocycles. The summed E-state index contributed by atoms with van der Waals surface area (Å²) >= 11 is 1.78. The molecule has 0 radical (unpaired) electrons. The van der Waals surface area contributed by atoms with Crippen LogP contribution in [0, 0.1) is 17.8 Å². The molecular weight excluding hydrogens is 254 g/mol. The van der Waals surface area contributed by atoms with Gasteiger partial charge in [0.1, 0.15) is 0 Å². The molecule has 0 unspecified atom stereocenters. The lowest BCUT2D eigenvalue weighted by Crippen LogP contribution is -2.31. The molecule has 104 valence electrons. The predicted molar refractivity (Wildman–Crippen MR) is 81.2 cm³/mol. The molecule has 2 nitrogen and oxygen atoms in total. The molecule has 19 heavy (non-hydrogen) atoms. The van der Waals surface area contributed by atoms with E-state index in [1.807, 2.05) is 0 Å². The van der Waals surface area contributed by atoms with E-state index in [2.05, 4.69) is 42.7 Å². The van der Waals surface area contributed by atoms with Gasteiger partial charge in [-0.15, -0.1) is 11.3 Å². The van der Waals surface area contributed by atoms with Gasteiger partial charge in [0.05, 0.1) is 11.5 Å². The number of aliphatic hydroxyl groups excluding tert-OH is 1. The standard InChI is InChI=1S/C16H23NOS/c1-13(2)17(11-14-6-7-14)12-16-9-8-15(19-16)5-3-4-10-18/h8-9,13-14,18H,4,6-7,10-12H2,1-2H3. The van der Waals surface area contributed by atoms with E-state index in [4.69, 9.17) is 5.11 Å². The SMILES string of the molecule is CC(C)N(Cc1ccc(C#CCCO)s1)CC1CC1. The van der Waals surface area contributed by atoms with Gasteiger partial charge in [0, 0.05) is 30.4 Å². The van der Waals surface area contributed by atoms with Crippen molar-refractivity contribution >= 4 is 11.3 Å². The van der Waals surface area contributed by atoms with E-state index in [1.54, 1.807) is 11.3 Å². The number of thiophene rings is 1. The van der Waals surface area contributed by atoms with Gasteiger partial charge in [0.15, 0.2) is 0 Å². The van der Waals surface area contributed by atoms with Crippen LogP contribution in [0.5, 0.6) is 0 Å². The van der Waals surface area contributed by atoms with Crippen molar-refractivity contribution < 1.29 is 5.11 Å². The Balaban J connectivity index is 1.91. The Bertz CT molecular complexity index is 451. The lowest BCUT2D eigenvalue weighted by molar-refractivity contribution is 0.205. The van der Waals surface area contributed by atoms with E-state index in [-0.39, 0.29) is 6.61 Å². The molecule has 2 rings (SSSR count). The molecule has 0 atom stereocenters. The average molecular weight is 277 g/mol. The first-order chi connectivity index (χ1) is 9.19. The van der Waals surface area contributed by atoms with E-state index >= 15 is 0 Å². The second kappa shape index (κ2) is 7.09. The first-order valence-corrected chi connectivity index (χ1v) is 7.93. The highest BCUT2D eigenvalue weighted by Gasteiger charge is 2.25. The maximum absolute atomic E-state index is 8.71. The van der Waals surface area contributed by atoms with Crippen molar-refractivity contribution in [2.45, 2.75) is 45.7 Å². The van der Waals surface area contributed by atoms with Crippen LogP contribution in [0.2, 0.25) is 0 Å². The van der Waals surface area contributed by atoms with Crippen molar-refractivity contribution in [2.75, 3.05) is 13.2 Å². The Morgan fingerprint density at radius 3 is 2.84 bits per heavy atom. The van der Waals surface area contributed by atoms with Gasteiger partial charge in [-0.3, -0.25) is 4.90 Å². The molecular formula is C16H23NOS. The lowest BCUT2D eigenvalue weighted by atomic mass is 10.2. The fourth-order valence-electron chi connectivity index (χ4n) is 2.03. The van der Waals surface area contributed by atoms with Gasteiger partial charge >= 0.3 is 0 Å². The zero-order valence-electron chi connectivity index (χ0n) is 11.9. The minimum absolute atomic E-state index is 0.147. The summed E-state index contributed by atoms with van der Waals surface area (Å²) in [5.74, 6) is 7.03. The summed E-state index contributed by atoms with van der Waals surface area (Å²) in [5, 5.41) is 8.71. The van der Waals surface area contributed by atoms with Crippen molar-refractivity contribution in [3.63, 3.8) is 0 Å². The minimum atomic E-state index is 0.147. The molecule has 1 N–H and O–H groups in total.